The summed E-state index contributed by atoms with van der Waals surface area (Å²) >= 11 is 3.45. The zero-order chi connectivity index (χ0) is 14.7. The summed E-state index contributed by atoms with van der Waals surface area (Å²) in [5, 5.41) is 3.41. The molecule has 1 aliphatic rings. The minimum Gasteiger partial charge on any atom is -0.377 e. The zero-order valence-electron chi connectivity index (χ0n) is 12.1. The van der Waals surface area contributed by atoms with Crippen LogP contribution in [0.1, 0.15) is 6.92 Å². The lowest BCUT2D eigenvalue weighted by atomic mass is 10.1. The van der Waals surface area contributed by atoms with Crippen LogP contribution in [-0.4, -0.2) is 48.9 Å². The van der Waals surface area contributed by atoms with Crippen LogP contribution in [0.4, 0.5) is 5.69 Å². The summed E-state index contributed by atoms with van der Waals surface area (Å²) in [6.45, 7) is 6.38. The summed E-state index contributed by atoms with van der Waals surface area (Å²) in [4.78, 5) is 11.4. The number of hydrogen-bond donors (Lipinski definition) is 1. The van der Waals surface area contributed by atoms with E-state index in [0.29, 0.717) is 6.04 Å². The number of hydrogen-bond acceptors (Lipinski definition) is 5. The summed E-state index contributed by atoms with van der Waals surface area (Å²) in [5.74, 6) is 0. The van der Waals surface area contributed by atoms with E-state index in [1.54, 1.807) is 0 Å². The average Bonchev–Trinajstić information content (AvgIpc) is 2.52. The van der Waals surface area contributed by atoms with Gasteiger partial charge in [-0.05, 0) is 34.6 Å². The number of nitrogens with one attached hydrogen (secondary N) is 1. The van der Waals surface area contributed by atoms with E-state index in [1.165, 1.54) is 0 Å². The monoisotopic (exact) mass is 350 g/mol. The quantitative estimate of drug-likeness (QED) is 0.915. The molecule has 5 nitrogen and oxygen atoms in total. The zero-order valence-corrected chi connectivity index (χ0v) is 13.6. The van der Waals surface area contributed by atoms with Crippen LogP contribution >= 0.6 is 15.9 Å². The highest BCUT2D eigenvalue weighted by Gasteiger charge is 2.24. The highest BCUT2D eigenvalue weighted by Crippen LogP contribution is 2.27. The van der Waals surface area contributed by atoms with Crippen molar-refractivity contribution in [2.75, 3.05) is 37.7 Å². The van der Waals surface area contributed by atoms with Gasteiger partial charge in [0.15, 0.2) is 0 Å². The Morgan fingerprint density at radius 1 is 1.48 bits per heavy atom. The Balaban J connectivity index is 1.97. The molecule has 1 N–H and O–H groups in total. The highest BCUT2D eigenvalue weighted by molar-refractivity contribution is 9.10. The lowest BCUT2D eigenvalue weighted by Crippen LogP contribution is -2.50. The van der Waals surface area contributed by atoms with Crippen molar-refractivity contribution in [3.8, 4) is 0 Å². The Labute approximate surface area is 132 Å². The van der Waals surface area contributed by atoms with Crippen molar-refractivity contribution in [3.05, 3.63) is 29.0 Å². The van der Waals surface area contributed by atoms with Gasteiger partial charge in [-0.3, -0.25) is 9.97 Å². The smallest absolute Gasteiger partial charge is 0.112 e. The molecule has 0 radical (unpaired) electrons. The average molecular weight is 351 g/mol. The van der Waals surface area contributed by atoms with Gasteiger partial charge in [0.2, 0.25) is 0 Å². The summed E-state index contributed by atoms with van der Waals surface area (Å²) in [6, 6.07) is 4.38. The number of ether oxygens (including phenoxy) is 1. The van der Waals surface area contributed by atoms with Crippen molar-refractivity contribution >= 4 is 32.7 Å². The molecule has 0 bridgehead atoms. The number of pyridine rings is 2. The van der Waals surface area contributed by atoms with Gasteiger partial charge in [-0.15, -0.1) is 0 Å². The minimum atomic E-state index is 0.328. The van der Waals surface area contributed by atoms with Crippen molar-refractivity contribution in [2.24, 2.45) is 0 Å². The van der Waals surface area contributed by atoms with E-state index in [9.17, 15) is 0 Å². The maximum atomic E-state index is 5.64. The molecular formula is C15H19BrN4O. The molecule has 6 heteroatoms. The lowest BCUT2D eigenvalue weighted by Gasteiger charge is -2.37. The van der Waals surface area contributed by atoms with Crippen molar-refractivity contribution < 1.29 is 4.74 Å². The topological polar surface area (TPSA) is 50.3 Å². The van der Waals surface area contributed by atoms with Gasteiger partial charge in [-0.1, -0.05) is 6.92 Å². The fourth-order valence-electron chi connectivity index (χ4n) is 2.68. The van der Waals surface area contributed by atoms with Crippen LogP contribution in [0.25, 0.3) is 11.0 Å². The molecule has 1 atom stereocenters. The molecule has 0 aromatic carbocycles. The van der Waals surface area contributed by atoms with E-state index in [1.807, 2.05) is 24.5 Å². The molecule has 1 fully saturated rings. The second-order valence-corrected chi connectivity index (χ2v) is 6.00. The molecular weight excluding hydrogens is 332 g/mol. The van der Waals surface area contributed by atoms with E-state index in [4.69, 9.17) is 4.74 Å². The van der Waals surface area contributed by atoms with Crippen LogP contribution in [-0.2, 0) is 4.74 Å². The normalized spacial score (nSPS) is 19.1. The summed E-state index contributed by atoms with van der Waals surface area (Å²) in [5.41, 5.74) is 3.00. The molecule has 1 saturated heterocycles. The SMILES string of the molecule is CCNCC1COCCN1c1ccnc2cc(Br)cnc12. The van der Waals surface area contributed by atoms with Crippen LogP contribution in [0, 0.1) is 0 Å². The molecule has 0 spiro atoms. The maximum absolute atomic E-state index is 5.64. The van der Waals surface area contributed by atoms with Crippen molar-refractivity contribution in [1.82, 2.24) is 15.3 Å². The fourth-order valence-corrected chi connectivity index (χ4v) is 2.99. The number of aromatic nitrogens is 2. The summed E-state index contributed by atoms with van der Waals surface area (Å²) < 4.78 is 6.59. The molecule has 2 aromatic rings. The lowest BCUT2D eigenvalue weighted by molar-refractivity contribution is 0.0940. The molecule has 112 valence electrons. The number of likely N-dealkylation sites (N-methyl/N-ethyl adjacent to an activating group) is 1. The molecule has 0 amide bonds. The van der Waals surface area contributed by atoms with Crippen LogP contribution in [0.3, 0.4) is 0 Å². The Hall–Kier alpha value is -1.24. The number of fused-ring (bicyclic) bond motifs is 1. The van der Waals surface area contributed by atoms with Gasteiger partial charge < -0.3 is 15.0 Å². The molecule has 2 aromatic heterocycles. The second-order valence-electron chi connectivity index (χ2n) is 5.08. The van der Waals surface area contributed by atoms with E-state index in [2.05, 4.69) is 43.0 Å². The molecule has 3 rings (SSSR count). The summed E-state index contributed by atoms with van der Waals surface area (Å²) in [6.07, 6.45) is 3.68. The number of nitrogens with zero attached hydrogens (tertiary/aromatic N) is 3. The van der Waals surface area contributed by atoms with E-state index < -0.39 is 0 Å². The van der Waals surface area contributed by atoms with E-state index in [-0.39, 0.29) is 0 Å². The molecule has 0 aliphatic carbocycles. The first kappa shape index (κ1) is 14.7. The number of morpholine rings is 1. The largest absolute Gasteiger partial charge is 0.377 e. The van der Waals surface area contributed by atoms with Crippen LogP contribution in [0.5, 0.6) is 0 Å². The first-order valence-electron chi connectivity index (χ1n) is 7.25. The molecule has 0 saturated carbocycles. The van der Waals surface area contributed by atoms with E-state index in [0.717, 1.165) is 54.0 Å². The van der Waals surface area contributed by atoms with Crippen LogP contribution in [0.2, 0.25) is 0 Å². The first-order valence-corrected chi connectivity index (χ1v) is 8.04. The number of halogens is 1. The van der Waals surface area contributed by atoms with Gasteiger partial charge >= 0.3 is 0 Å². The standard InChI is InChI=1S/C15H19BrN4O/c1-2-17-9-12-10-21-6-5-20(12)14-3-4-18-13-7-11(16)8-19-15(13)14/h3-4,7-8,12,17H,2,5-6,9-10H2,1H3. The highest BCUT2D eigenvalue weighted by atomic mass is 79.9. The predicted octanol–water partition coefficient (Wildman–Crippen LogP) is 2.21. The van der Waals surface area contributed by atoms with Crippen molar-refractivity contribution in [2.45, 2.75) is 13.0 Å². The van der Waals surface area contributed by atoms with Crippen LogP contribution < -0.4 is 10.2 Å². The van der Waals surface area contributed by atoms with Gasteiger partial charge in [0.05, 0.1) is 30.5 Å². The van der Waals surface area contributed by atoms with Crippen molar-refractivity contribution in [1.29, 1.82) is 0 Å². The van der Waals surface area contributed by atoms with Gasteiger partial charge in [0.25, 0.3) is 0 Å². The van der Waals surface area contributed by atoms with E-state index >= 15 is 0 Å². The van der Waals surface area contributed by atoms with Crippen molar-refractivity contribution in [3.63, 3.8) is 0 Å². The number of anilines is 1. The van der Waals surface area contributed by atoms with Gasteiger partial charge in [-0.2, -0.15) is 0 Å². The molecule has 21 heavy (non-hydrogen) atoms. The molecule has 1 aliphatic heterocycles. The third-order valence-electron chi connectivity index (χ3n) is 3.69. The van der Waals surface area contributed by atoms with Crippen LogP contribution in [0.15, 0.2) is 29.0 Å². The summed E-state index contributed by atoms with van der Waals surface area (Å²) in [7, 11) is 0. The third-order valence-corrected chi connectivity index (χ3v) is 4.12. The number of rotatable bonds is 4. The van der Waals surface area contributed by atoms with Gasteiger partial charge in [0.1, 0.15) is 5.52 Å². The third kappa shape index (κ3) is 3.17. The first-order chi connectivity index (χ1) is 10.3. The fraction of sp³-hybridized carbons (Fsp3) is 0.467. The second kappa shape index (κ2) is 6.68. The Morgan fingerprint density at radius 3 is 3.24 bits per heavy atom. The predicted molar refractivity (Wildman–Crippen MR) is 87.7 cm³/mol. The Morgan fingerprint density at radius 2 is 2.38 bits per heavy atom. The maximum Gasteiger partial charge on any atom is 0.112 e. The van der Waals surface area contributed by atoms with Gasteiger partial charge in [-0.25, -0.2) is 0 Å². The Bertz CT molecular complexity index is 622. The molecule has 1 unspecified atom stereocenters. The Kier molecular flexibility index (Phi) is 4.67. The molecule has 3 heterocycles. The van der Waals surface area contributed by atoms with Gasteiger partial charge in [0, 0.05) is 30.0 Å². The minimum absolute atomic E-state index is 0.328.